The van der Waals surface area contributed by atoms with Crippen molar-refractivity contribution in [3.8, 4) is 11.5 Å². The minimum atomic E-state index is -0.942. The molecule has 7 heteroatoms. The van der Waals surface area contributed by atoms with Crippen LogP contribution >= 0.6 is 0 Å². The molecule has 1 N–H and O–H groups in total. The maximum atomic E-state index is 13.8. The molecule has 6 nitrogen and oxygen atoms in total. The Bertz CT molecular complexity index is 1020. The molecular weight excluding hydrogens is 421 g/mol. The molecule has 2 aromatic carbocycles. The zero-order chi connectivity index (χ0) is 23.1. The van der Waals surface area contributed by atoms with Gasteiger partial charge in [0.05, 0.1) is 12.1 Å². The number of likely N-dealkylation sites (tertiary alicyclic amines) is 1. The molecule has 2 heterocycles. The number of aromatic nitrogens is 2. The number of hydrogen-bond donors (Lipinski definition) is 1. The first-order chi connectivity index (χ1) is 16.0. The van der Waals surface area contributed by atoms with Gasteiger partial charge in [-0.25, -0.2) is 9.37 Å². The first kappa shape index (κ1) is 23.3. The van der Waals surface area contributed by atoms with E-state index in [0.717, 1.165) is 44.2 Å². The molecule has 0 saturated carbocycles. The van der Waals surface area contributed by atoms with E-state index in [0.29, 0.717) is 19.4 Å². The molecule has 1 atom stereocenters. The van der Waals surface area contributed by atoms with Crippen LogP contribution in [0.25, 0.3) is 0 Å². The van der Waals surface area contributed by atoms with Crippen LogP contribution in [0.4, 0.5) is 4.39 Å². The summed E-state index contributed by atoms with van der Waals surface area (Å²) in [6, 6.07) is 14.5. The lowest BCUT2D eigenvalue weighted by molar-refractivity contribution is -0.0177. The third-order valence-electron chi connectivity index (χ3n) is 6.20. The molecule has 0 amide bonds. The quantitative estimate of drug-likeness (QED) is 0.526. The molecule has 1 saturated heterocycles. The molecule has 0 spiro atoms. The normalized spacial score (nSPS) is 19.2. The zero-order valence-electron chi connectivity index (χ0n) is 19.1. The van der Waals surface area contributed by atoms with Crippen molar-refractivity contribution in [1.29, 1.82) is 0 Å². The summed E-state index contributed by atoms with van der Waals surface area (Å²) in [5.41, 5.74) is 0.267. The lowest BCUT2D eigenvalue weighted by Gasteiger charge is -2.27. The van der Waals surface area contributed by atoms with Crippen molar-refractivity contribution < 1.29 is 19.0 Å². The van der Waals surface area contributed by atoms with E-state index in [1.54, 1.807) is 24.4 Å². The van der Waals surface area contributed by atoms with E-state index in [-0.39, 0.29) is 12.4 Å². The number of halogens is 1. The minimum absolute atomic E-state index is 0.104. The highest BCUT2D eigenvalue weighted by Crippen LogP contribution is 2.26. The van der Waals surface area contributed by atoms with Gasteiger partial charge >= 0.3 is 0 Å². The topological polar surface area (TPSA) is 59.8 Å². The van der Waals surface area contributed by atoms with E-state index in [1.165, 1.54) is 11.6 Å². The highest BCUT2D eigenvalue weighted by molar-refractivity contribution is 5.27. The lowest BCUT2D eigenvalue weighted by atomic mass is 9.96. The van der Waals surface area contributed by atoms with Gasteiger partial charge in [-0.15, -0.1) is 0 Å². The van der Waals surface area contributed by atoms with Gasteiger partial charge in [-0.1, -0.05) is 24.3 Å². The highest BCUT2D eigenvalue weighted by atomic mass is 19.1. The third kappa shape index (κ3) is 6.55. The van der Waals surface area contributed by atoms with E-state index in [9.17, 15) is 9.50 Å². The molecule has 1 aliphatic heterocycles. The predicted octanol–water partition coefficient (Wildman–Crippen LogP) is 4.21. The zero-order valence-corrected chi connectivity index (χ0v) is 19.1. The number of hydrogen-bond acceptors (Lipinski definition) is 5. The highest BCUT2D eigenvalue weighted by Gasteiger charge is 2.31. The number of imidazole rings is 1. The van der Waals surface area contributed by atoms with E-state index in [2.05, 4.69) is 26.6 Å². The number of rotatable bonds is 9. The van der Waals surface area contributed by atoms with Crippen LogP contribution in [-0.2, 0) is 13.1 Å². The molecule has 33 heavy (non-hydrogen) atoms. The first-order valence-electron chi connectivity index (χ1n) is 11.5. The van der Waals surface area contributed by atoms with E-state index in [1.807, 2.05) is 25.3 Å². The van der Waals surface area contributed by atoms with Crippen LogP contribution in [0.5, 0.6) is 11.5 Å². The number of para-hydroxylation sites is 1. The Morgan fingerprint density at radius 3 is 2.64 bits per heavy atom. The van der Waals surface area contributed by atoms with Crippen LogP contribution in [0.2, 0.25) is 0 Å². The number of aliphatic hydroxyl groups is 1. The van der Waals surface area contributed by atoms with Crippen molar-refractivity contribution >= 4 is 0 Å². The fourth-order valence-electron chi connectivity index (χ4n) is 4.16. The lowest BCUT2D eigenvalue weighted by Crippen LogP contribution is -2.37. The largest absolute Gasteiger partial charge is 0.492 e. The molecule has 1 aliphatic rings. The van der Waals surface area contributed by atoms with Crippen LogP contribution < -0.4 is 9.47 Å². The molecule has 1 fully saturated rings. The van der Waals surface area contributed by atoms with Gasteiger partial charge in [0.15, 0.2) is 11.6 Å². The predicted molar refractivity (Wildman–Crippen MR) is 125 cm³/mol. The second-order valence-corrected chi connectivity index (χ2v) is 8.73. The maximum Gasteiger partial charge on any atom is 0.165 e. The molecule has 3 aromatic rings. The van der Waals surface area contributed by atoms with Crippen LogP contribution in [0.3, 0.4) is 0 Å². The van der Waals surface area contributed by atoms with Crippen molar-refractivity contribution in [1.82, 2.24) is 14.5 Å². The second kappa shape index (κ2) is 10.8. The van der Waals surface area contributed by atoms with Crippen LogP contribution in [0.15, 0.2) is 60.9 Å². The number of nitrogens with zero attached hydrogens (tertiary/aromatic N) is 3. The second-order valence-electron chi connectivity index (χ2n) is 8.73. The Morgan fingerprint density at radius 2 is 1.88 bits per heavy atom. The average Bonchev–Trinajstić information content (AvgIpc) is 3.13. The van der Waals surface area contributed by atoms with Gasteiger partial charge in [0.25, 0.3) is 0 Å². The summed E-state index contributed by atoms with van der Waals surface area (Å²) in [5, 5.41) is 11.0. The molecule has 176 valence electrons. The summed E-state index contributed by atoms with van der Waals surface area (Å²) in [4.78, 5) is 6.56. The third-order valence-corrected chi connectivity index (χ3v) is 6.20. The molecule has 0 radical (unpaired) electrons. The van der Waals surface area contributed by atoms with Crippen molar-refractivity contribution in [3.05, 3.63) is 78.1 Å². The van der Waals surface area contributed by atoms with Crippen LogP contribution in [0, 0.1) is 12.7 Å². The smallest absolute Gasteiger partial charge is 0.165 e. The van der Waals surface area contributed by atoms with Gasteiger partial charge in [-0.3, -0.25) is 4.90 Å². The van der Waals surface area contributed by atoms with Gasteiger partial charge in [-0.05, 0) is 62.6 Å². The summed E-state index contributed by atoms with van der Waals surface area (Å²) in [7, 11) is 0. The van der Waals surface area contributed by atoms with E-state index in [4.69, 9.17) is 9.47 Å². The van der Waals surface area contributed by atoms with Crippen molar-refractivity contribution in [2.45, 2.75) is 44.9 Å². The summed E-state index contributed by atoms with van der Waals surface area (Å²) in [6.45, 7) is 5.94. The Hall–Kier alpha value is -2.90. The maximum absolute atomic E-state index is 13.8. The summed E-state index contributed by atoms with van der Waals surface area (Å²) in [6.07, 6.45) is 5.85. The van der Waals surface area contributed by atoms with Crippen LogP contribution in [0.1, 0.15) is 30.7 Å². The van der Waals surface area contributed by atoms with Gasteiger partial charge < -0.3 is 19.1 Å². The Morgan fingerprint density at radius 1 is 1.06 bits per heavy atom. The van der Waals surface area contributed by atoms with Crippen molar-refractivity contribution in [2.24, 2.45) is 0 Å². The van der Waals surface area contributed by atoms with E-state index >= 15 is 0 Å². The van der Waals surface area contributed by atoms with E-state index < -0.39 is 11.4 Å². The molecule has 1 aromatic heterocycles. The average molecular weight is 454 g/mol. The first-order valence-corrected chi connectivity index (χ1v) is 11.5. The Labute approximate surface area is 194 Å². The van der Waals surface area contributed by atoms with Crippen molar-refractivity contribution in [2.75, 3.05) is 26.3 Å². The summed E-state index contributed by atoms with van der Waals surface area (Å²) < 4.78 is 27.3. The summed E-state index contributed by atoms with van der Waals surface area (Å²) >= 11 is 0. The van der Waals surface area contributed by atoms with Crippen molar-refractivity contribution in [3.63, 3.8) is 0 Å². The monoisotopic (exact) mass is 453 g/mol. The Balaban J connectivity index is 1.23. The number of aryl methyl sites for hydroxylation is 1. The van der Waals surface area contributed by atoms with Crippen LogP contribution in [-0.4, -0.2) is 51.5 Å². The summed E-state index contributed by atoms with van der Waals surface area (Å²) in [5.74, 6) is 1.62. The molecule has 0 bridgehead atoms. The number of ether oxygens (including phenoxy) is 2. The van der Waals surface area contributed by atoms with Gasteiger partial charge in [0.1, 0.15) is 24.8 Å². The Kier molecular flexibility index (Phi) is 7.62. The van der Waals surface area contributed by atoms with Gasteiger partial charge in [-0.2, -0.15) is 0 Å². The minimum Gasteiger partial charge on any atom is -0.492 e. The fourth-order valence-corrected chi connectivity index (χ4v) is 4.16. The number of benzene rings is 2. The van der Waals surface area contributed by atoms with Gasteiger partial charge in [0.2, 0.25) is 0 Å². The standard InChI is InChI=1S/C26H32FN3O3/c1-21-28-13-16-30(21)17-18-32-23-9-7-22(8-10-23)19-29-14-4-11-26(31,12-15-29)20-33-25-6-3-2-5-24(25)27/h2-3,5-10,13,16,31H,4,11-12,14-15,17-20H2,1H3/t26-/m1/s1. The molecule has 0 aliphatic carbocycles. The fraction of sp³-hybridized carbons (Fsp3) is 0.423. The molecular formula is C26H32FN3O3. The van der Waals surface area contributed by atoms with Gasteiger partial charge in [0, 0.05) is 25.5 Å². The molecule has 0 unspecified atom stereocenters. The molecule has 4 rings (SSSR count). The SMILES string of the molecule is Cc1nccn1CCOc1ccc(CN2CCC[C@](O)(COc3ccccc3F)CC2)cc1.